The normalized spacial score (nSPS) is 14.0. The molecule has 6 heteroatoms. The molecule has 148 valence electrons. The van der Waals surface area contributed by atoms with Crippen molar-refractivity contribution in [3.8, 4) is 0 Å². The standard InChI is InChI=1S/C23H25N5O/c1-17-6-8-19(9-7-17)25-22(29)21-10-11-24-23(26-21)28-14-12-27(13-15-28)20-5-3-4-18(2)16-20/h3-11,16H,12-15H2,1-2H3,(H,25,29). The topological polar surface area (TPSA) is 61.4 Å². The SMILES string of the molecule is Cc1ccc(NC(=O)c2ccnc(N3CCN(c4cccc(C)c4)CC3)n2)cc1. The number of aromatic nitrogens is 2. The Hall–Kier alpha value is -3.41. The molecule has 6 nitrogen and oxygen atoms in total. The lowest BCUT2D eigenvalue weighted by molar-refractivity contribution is 0.102. The highest BCUT2D eigenvalue weighted by atomic mass is 16.1. The van der Waals surface area contributed by atoms with E-state index in [0.29, 0.717) is 11.6 Å². The summed E-state index contributed by atoms with van der Waals surface area (Å²) in [5.74, 6) is 0.376. The third-order valence-corrected chi connectivity index (χ3v) is 5.11. The molecule has 0 radical (unpaired) electrons. The lowest BCUT2D eigenvalue weighted by Crippen LogP contribution is -2.47. The maximum Gasteiger partial charge on any atom is 0.274 e. The van der Waals surface area contributed by atoms with E-state index in [1.807, 2.05) is 31.2 Å². The van der Waals surface area contributed by atoms with E-state index in [2.05, 4.69) is 56.3 Å². The van der Waals surface area contributed by atoms with E-state index in [0.717, 1.165) is 37.4 Å². The predicted molar refractivity (Wildman–Crippen MR) is 117 cm³/mol. The molecular formula is C23H25N5O. The quantitative estimate of drug-likeness (QED) is 0.740. The zero-order valence-electron chi connectivity index (χ0n) is 16.8. The number of aryl methyl sites for hydroxylation is 2. The molecule has 0 atom stereocenters. The number of carbonyl (C=O) groups excluding carboxylic acids is 1. The number of anilines is 3. The van der Waals surface area contributed by atoms with E-state index in [-0.39, 0.29) is 5.91 Å². The van der Waals surface area contributed by atoms with Gasteiger partial charge in [-0.05, 0) is 49.7 Å². The Morgan fingerprint density at radius 1 is 0.897 bits per heavy atom. The van der Waals surface area contributed by atoms with Crippen molar-refractivity contribution >= 4 is 23.2 Å². The van der Waals surface area contributed by atoms with Crippen molar-refractivity contribution in [3.05, 3.63) is 77.6 Å². The molecule has 0 saturated carbocycles. The monoisotopic (exact) mass is 387 g/mol. The van der Waals surface area contributed by atoms with Gasteiger partial charge in [-0.2, -0.15) is 0 Å². The number of piperazine rings is 1. The van der Waals surface area contributed by atoms with Gasteiger partial charge in [0.2, 0.25) is 5.95 Å². The third-order valence-electron chi connectivity index (χ3n) is 5.11. The highest BCUT2D eigenvalue weighted by Gasteiger charge is 2.20. The second-order valence-corrected chi connectivity index (χ2v) is 7.38. The van der Waals surface area contributed by atoms with Crippen LogP contribution in [0, 0.1) is 13.8 Å². The van der Waals surface area contributed by atoms with E-state index >= 15 is 0 Å². The summed E-state index contributed by atoms with van der Waals surface area (Å²) in [5, 5.41) is 2.89. The fourth-order valence-corrected chi connectivity index (χ4v) is 3.45. The van der Waals surface area contributed by atoms with Crippen LogP contribution < -0.4 is 15.1 Å². The molecule has 3 aromatic rings. The summed E-state index contributed by atoms with van der Waals surface area (Å²) < 4.78 is 0. The molecule has 1 fully saturated rings. The Balaban J connectivity index is 1.41. The van der Waals surface area contributed by atoms with Crippen LogP contribution in [-0.2, 0) is 0 Å². The van der Waals surface area contributed by atoms with Gasteiger partial charge in [0.25, 0.3) is 5.91 Å². The molecule has 1 aliphatic rings. The fourth-order valence-electron chi connectivity index (χ4n) is 3.45. The Labute approximate surface area is 171 Å². The van der Waals surface area contributed by atoms with Gasteiger partial charge in [0.05, 0.1) is 0 Å². The lowest BCUT2D eigenvalue weighted by Gasteiger charge is -2.36. The first kappa shape index (κ1) is 18.9. The zero-order valence-corrected chi connectivity index (χ0v) is 16.8. The molecule has 2 aromatic carbocycles. The summed E-state index contributed by atoms with van der Waals surface area (Å²) in [6, 6.07) is 17.9. The van der Waals surface area contributed by atoms with Crippen molar-refractivity contribution in [1.29, 1.82) is 0 Å². The minimum Gasteiger partial charge on any atom is -0.368 e. The molecule has 1 N–H and O–H groups in total. The molecular weight excluding hydrogens is 362 g/mol. The number of carbonyl (C=O) groups is 1. The van der Waals surface area contributed by atoms with E-state index in [4.69, 9.17) is 0 Å². The van der Waals surface area contributed by atoms with Crippen LogP contribution in [0.1, 0.15) is 21.6 Å². The number of hydrogen-bond acceptors (Lipinski definition) is 5. The number of amides is 1. The second-order valence-electron chi connectivity index (χ2n) is 7.38. The van der Waals surface area contributed by atoms with Crippen molar-refractivity contribution < 1.29 is 4.79 Å². The first-order chi connectivity index (χ1) is 14.1. The summed E-state index contributed by atoms with van der Waals surface area (Å²) >= 11 is 0. The van der Waals surface area contributed by atoms with Gasteiger partial charge >= 0.3 is 0 Å². The van der Waals surface area contributed by atoms with Crippen LogP contribution in [0.2, 0.25) is 0 Å². The number of nitrogens with zero attached hydrogens (tertiary/aromatic N) is 4. The van der Waals surface area contributed by atoms with E-state index in [1.165, 1.54) is 11.3 Å². The largest absolute Gasteiger partial charge is 0.368 e. The van der Waals surface area contributed by atoms with Gasteiger partial charge in [0.1, 0.15) is 5.69 Å². The minimum atomic E-state index is -0.226. The van der Waals surface area contributed by atoms with Crippen LogP contribution in [-0.4, -0.2) is 42.1 Å². The van der Waals surface area contributed by atoms with Crippen molar-refractivity contribution in [1.82, 2.24) is 9.97 Å². The van der Waals surface area contributed by atoms with Crippen molar-refractivity contribution in [2.75, 3.05) is 41.3 Å². The number of rotatable bonds is 4. The van der Waals surface area contributed by atoms with Gasteiger partial charge in [-0.25, -0.2) is 9.97 Å². The smallest absolute Gasteiger partial charge is 0.274 e. The second kappa shape index (κ2) is 8.31. The minimum absolute atomic E-state index is 0.226. The number of benzene rings is 2. The highest BCUT2D eigenvalue weighted by Crippen LogP contribution is 2.20. The van der Waals surface area contributed by atoms with Crippen LogP contribution in [0.5, 0.6) is 0 Å². The first-order valence-electron chi connectivity index (χ1n) is 9.86. The van der Waals surface area contributed by atoms with Crippen molar-refractivity contribution in [2.45, 2.75) is 13.8 Å². The molecule has 1 saturated heterocycles. The molecule has 0 bridgehead atoms. The van der Waals surface area contributed by atoms with Crippen LogP contribution in [0.4, 0.5) is 17.3 Å². The van der Waals surface area contributed by atoms with Crippen LogP contribution in [0.25, 0.3) is 0 Å². The average molecular weight is 387 g/mol. The molecule has 0 unspecified atom stereocenters. The van der Waals surface area contributed by atoms with E-state index < -0.39 is 0 Å². The summed E-state index contributed by atoms with van der Waals surface area (Å²) in [7, 11) is 0. The van der Waals surface area contributed by atoms with E-state index in [9.17, 15) is 4.79 Å². The molecule has 0 aliphatic carbocycles. The van der Waals surface area contributed by atoms with E-state index in [1.54, 1.807) is 12.3 Å². The fraction of sp³-hybridized carbons (Fsp3) is 0.261. The van der Waals surface area contributed by atoms with Crippen molar-refractivity contribution in [2.24, 2.45) is 0 Å². The molecule has 1 amide bonds. The van der Waals surface area contributed by atoms with Gasteiger partial charge in [0.15, 0.2) is 0 Å². The Morgan fingerprint density at radius 2 is 1.62 bits per heavy atom. The summed E-state index contributed by atoms with van der Waals surface area (Å²) in [6.45, 7) is 7.55. The molecule has 2 heterocycles. The number of nitrogens with one attached hydrogen (secondary N) is 1. The number of hydrogen-bond donors (Lipinski definition) is 1. The predicted octanol–water partition coefficient (Wildman–Crippen LogP) is 3.67. The third kappa shape index (κ3) is 4.54. The summed E-state index contributed by atoms with van der Waals surface area (Å²) in [6.07, 6.45) is 1.65. The Kier molecular flexibility index (Phi) is 5.42. The zero-order chi connectivity index (χ0) is 20.2. The average Bonchev–Trinajstić information content (AvgIpc) is 2.75. The van der Waals surface area contributed by atoms with Crippen LogP contribution in [0.15, 0.2) is 60.8 Å². The summed E-state index contributed by atoms with van der Waals surface area (Å²) in [4.78, 5) is 26.0. The Bertz CT molecular complexity index is 994. The molecule has 0 spiro atoms. The van der Waals surface area contributed by atoms with Gasteiger partial charge in [0, 0.05) is 43.8 Å². The molecule has 4 rings (SSSR count). The first-order valence-corrected chi connectivity index (χ1v) is 9.86. The van der Waals surface area contributed by atoms with Crippen LogP contribution in [0.3, 0.4) is 0 Å². The summed E-state index contributed by atoms with van der Waals surface area (Å²) in [5.41, 5.74) is 4.79. The Morgan fingerprint density at radius 3 is 2.34 bits per heavy atom. The van der Waals surface area contributed by atoms with Gasteiger partial charge < -0.3 is 15.1 Å². The maximum atomic E-state index is 12.6. The van der Waals surface area contributed by atoms with Gasteiger partial charge in [-0.15, -0.1) is 0 Å². The molecule has 29 heavy (non-hydrogen) atoms. The van der Waals surface area contributed by atoms with Crippen LogP contribution >= 0.6 is 0 Å². The maximum absolute atomic E-state index is 12.6. The molecule has 1 aliphatic heterocycles. The van der Waals surface area contributed by atoms with Gasteiger partial charge in [-0.1, -0.05) is 29.8 Å². The highest BCUT2D eigenvalue weighted by molar-refractivity contribution is 6.02. The van der Waals surface area contributed by atoms with Crippen molar-refractivity contribution in [3.63, 3.8) is 0 Å². The molecule has 1 aromatic heterocycles. The van der Waals surface area contributed by atoms with Gasteiger partial charge in [-0.3, -0.25) is 4.79 Å². The lowest BCUT2D eigenvalue weighted by atomic mass is 10.2.